The second kappa shape index (κ2) is 8.74. The number of benzene rings is 2. The number of hydrogen-bond acceptors (Lipinski definition) is 7. The minimum absolute atomic E-state index is 0. The van der Waals surface area contributed by atoms with Gasteiger partial charge in [-0.1, -0.05) is 0 Å². The summed E-state index contributed by atoms with van der Waals surface area (Å²) in [5, 5.41) is 31.4. The van der Waals surface area contributed by atoms with E-state index < -0.39 is 17.5 Å². The molecule has 10 heteroatoms. The van der Waals surface area contributed by atoms with E-state index in [1.54, 1.807) is 48.5 Å². The summed E-state index contributed by atoms with van der Waals surface area (Å²) < 4.78 is 1.09. The number of carboxylic acids is 1. The predicted molar refractivity (Wildman–Crippen MR) is 104 cm³/mol. The molecule has 2 aromatic carbocycles. The Bertz CT molecular complexity index is 957. The molecule has 0 atom stereocenters. The molecule has 1 aromatic heterocycles. The van der Waals surface area contributed by atoms with Gasteiger partial charge in [0.1, 0.15) is 0 Å². The summed E-state index contributed by atoms with van der Waals surface area (Å²) in [6.45, 7) is 0. The molecule has 26 heavy (non-hydrogen) atoms. The molecule has 128 valence electrons. The number of aromatic carboxylic acids is 1. The molecule has 2 N–H and O–H groups in total. The summed E-state index contributed by atoms with van der Waals surface area (Å²) in [7, 11) is 0. The number of thiol groups is 2. The van der Waals surface area contributed by atoms with Crippen LogP contribution in [0.3, 0.4) is 0 Å². The monoisotopic (exact) mass is 396 g/mol. The van der Waals surface area contributed by atoms with Crippen LogP contribution in [0.4, 0.5) is 11.4 Å². The first-order chi connectivity index (χ1) is 12.0. The van der Waals surface area contributed by atoms with E-state index in [9.17, 15) is 15.0 Å². The normalized spacial score (nSPS) is 10.7. The van der Waals surface area contributed by atoms with Crippen molar-refractivity contribution < 1.29 is 15.0 Å². The van der Waals surface area contributed by atoms with Crippen molar-refractivity contribution in [2.75, 3.05) is 0 Å². The van der Waals surface area contributed by atoms with Gasteiger partial charge in [-0.25, -0.2) is 4.79 Å². The van der Waals surface area contributed by atoms with Crippen LogP contribution in [0.2, 0.25) is 0 Å². The van der Waals surface area contributed by atoms with Crippen LogP contribution in [0, 0.1) is 0 Å². The van der Waals surface area contributed by atoms with E-state index in [2.05, 4.69) is 40.6 Å². The Morgan fingerprint density at radius 3 is 2.04 bits per heavy atom. The van der Waals surface area contributed by atoms with Gasteiger partial charge >= 0.3 is 35.5 Å². The van der Waals surface area contributed by atoms with Gasteiger partial charge in [-0.15, -0.1) is 30.4 Å². The van der Waals surface area contributed by atoms with E-state index in [-0.39, 0.29) is 35.2 Å². The number of carbonyl (C=O) groups is 1. The summed E-state index contributed by atoms with van der Waals surface area (Å²) in [5.74, 6) is -1.74. The van der Waals surface area contributed by atoms with Crippen LogP contribution >= 0.6 is 25.3 Å². The Kier molecular flexibility index (Phi) is 6.90. The van der Waals surface area contributed by atoms with Crippen LogP contribution in [0.25, 0.3) is 5.69 Å². The minimum atomic E-state index is -1.32. The Labute approximate surface area is 181 Å². The van der Waals surface area contributed by atoms with Crippen molar-refractivity contribution in [3.8, 4) is 11.6 Å². The molecule has 0 aliphatic rings. The molecule has 1 heterocycles. The van der Waals surface area contributed by atoms with Gasteiger partial charge in [-0.05, 0) is 48.5 Å². The van der Waals surface area contributed by atoms with Crippen LogP contribution in [0.15, 0.2) is 68.6 Å². The number of nitrogens with zero attached hydrogens (tertiary/aromatic N) is 4. The fourth-order valence-corrected chi connectivity index (χ4v) is 2.34. The fraction of sp³-hybridized carbons (Fsp3) is 0. The average Bonchev–Trinajstić information content (AvgIpc) is 2.92. The Morgan fingerprint density at radius 1 is 0.962 bits per heavy atom. The number of aromatic hydroxyl groups is 1. The molecular formula is C16H13N4NaO3S2. The molecule has 0 saturated carbocycles. The van der Waals surface area contributed by atoms with Gasteiger partial charge in [0.2, 0.25) is 11.6 Å². The third-order valence-corrected chi connectivity index (χ3v) is 3.85. The van der Waals surface area contributed by atoms with Crippen molar-refractivity contribution >= 4 is 72.2 Å². The van der Waals surface area contributed by atoms with E-state index in [1.807, 2.05) is 0 Å². The first-order valence-corrected chi connectivity index (χ1v) is 7.90. The zero-order chi connectivity index (χ0) is 18.0. The molecule has 0 radical (unpaired) electrons. The molecule has 3 aromatic rings. The number of hydrogen-bond donors (Lipinski definition) is 4. The molecule has 0 fully saturated rings. The van der Waals surface area contributed by atoms with Crippen LogP contribution in [0.5, 0.6) is 5.88 Å². The second-order valence-electron chi connectivity index (χ2n) is 4.97. The first kappa shape index (κ1) is 20.5. The van der Waals surface area contributed by atoms with Gasteiger partial charge in [0.05, 0.1) is 11.4 Å². The van der Waals surface area contributed by atoms with Crippen molar-refractivity contribution in [1.82, 2.24) is 9.78 Å². The molecule has 0 aliphatic heterocycles. The molecule has 0 spiro atoms. The van der Waals surface area contributed by atoms with Crippen LogP contribution < -0.4 is 0 Å². The molecular weight excluding hydrogens is 383 g/mol. The molecule has 3 rings (SSSR count). The second-order valence-corrected chi connectivity index (χ2v) is 6.00. The number of carboxylic acid groups (broad SMARTS) is 1. The Balaban J connectivity index is 0.00000243. The van der Waals surface area contributed by atoms with Crippen LogP contribution in [0.1, 0.15) is 10.5 Å². The summed E-state index contributed by atoms with van der Waals surface area (Å²) >= 11 is 8.36. The zero-order valence-electron chi connectivity index (χ0n) is 12.6. The van der Waals surface area contributed by atoms with E-state index in [4.69, 9.17) is 0 Å². The number of aromatic nitrogens is 2. The predicted octanol–water partition coefficient (Wildman–Crippen LogP) is 3.62. The van der Waals surface area contributed by atoms with Gasteiger partial charge in [0.25, 0.3) is 0 Å². The van der Waals surface area contributed by atoms with Crippen molar-refractivity contribution in [1.29, 1.82) is 0 Å². The van der Waals surface area contributed by atoms with Gasteiger partial charge in [0, 0.05) is 9.79 Å². The van der Waals surface area contributed by atoms with Crippen molar-refractivity contribution in [2.45, 2.75) is 9.79 Å². The molecule has 0 bridgehead atoms. The van der Waals surface area contributed by atoms with E-state index in [0.717, 1.165) is 14.5 Å². The van der Waals surface area contributed by atoms with Crippen molar-refractivity contribution in [2.24, 2.45) is 10.2 Å². The summed E-state index contributed by atoms with van der Waals surface area (Å²) in [6, 6.07) is 13.5. The number of azo groups is 1. The van der Waals surface area contributed by atoms with E-state index in [0.29, 0.717) is 11.4 Å². The molecule has 0 unspecified atom stereocenters. The molecule has 0 amide bonds. The van der Waals surface area contributed by atoms with Gasteiger partial charge < -0.3 is 10.2 Å². The van der Waals surface area contributed by atoms with Crippen molar-refractivity contribution in [3.05, 3.63) is 54.2 Å². The van der Waals surface area contributed by atoms with Crippen LogP contribution in [-0.4, -0.2) is 55.5 Å². The molecule has 7 nitrogen and oxygen atoms in total. The number of rotatable bonds is 4. The third-order valence-electron chi connectivity index (χ3n) is 3.25. The van der Waals surface area contributed by atoms with Gasteiger partial charge in [-0.2, -0.15) is 14.9 Å². The van der Waals surface area contributed by atoms with Gasteiger partial charge in [-0.3, -0.25) is 0 Å². The molecule has 0 aliphatic carbocycles. The quantitative estimate of drug-likeness (QED) is 0.307. The summed E-state index contributed by atoms with van der Waals surface area (Å²) in [6.07, 6.45) is 0. The van der Waals surface area contributed by atoms with E-state index in [1.165, 1.54) is 0 Å². The first-order valence-electron chi connectivity index (χ1n) is 7.01. The topological polar surface area (TPSA) is 100 Å². The summed E-state index contributed by atoms with van der Waals surface area (Å²) in [4.78, 5) is 12.9. The third kappa shape index (κ3) is 4.49. The summed E-state index contributed by atoms with van der Waals surface area (Å²) in [5.41, 5.74) is 0.332. The Hall–Kier alpha value is -1.78. The zero-order valence-corrected chi connectivity index (χ0v) is 14.4. The standard InChI is InChI=1S/C16H12N4O3S2.Na.H/c21-15-13(18-17-9-1-5-11(24)6-2-9)14(16(22)23)19-20(15)10-3-7-12(25)8-4-10;;/h1-8,21,24-25H,(H,22,23);;. The van der Waals surface area contributed by atoms with E-state index >= 15 is 0 Å². The van der Waals surface area contributed by atoms with Gasteiger partial charge in [0.15, 0.2) is 5.69 Å². The molecule has 0 saturated heterocycles. The average molecular weight is 396 g/mol. The maximum absolute atomic E-state index is 11.4. The SMILES string of the molecule is O=C(O)c1nn(-c2ccc(S)cc2)c(O)c1N=Nc1ccc(S)cc1.[NaH]. The van der Waals surface area contributed by atoms with Crippen LogP contribution in [-0.2, 0) is 0 Å². The van der Waals surface area contributed by atoms with Crippen molar-refractivity contribution in [3.63, 3.8) is 0 Å². The fourth-order valence-electron chi connectivity index (χ4n) is 2.04. The maximum atomic E-state index is 11.4. The Morgan fingerprint density at radius 2 is 1.50 bits per heavy atom.